The lowest BCUT2D eigenvalue weighted by Crippen LogP contribution is -2.49. The molecule has 1 aliphatic heterocycles. The van der Waals surface area contributed by atoms with Crippen LogP contribution in [-0.4, -0.2) is 55.5 Å². The minimum atomic E-state index is -0.357. The van der Waals surface area contributed by atoms with Crippen molar-refractivity contribution in [2.24, 2.45) is 0 Å². The second-order valence-electron chi connectivity index (χ2n) is 4.29. The number of nitrogens with zero attached hydrogens (tertiary/aromatic N) is 2. The lowest BCUT2D eigenvalue weighted by molar-refractivity contribution is 0.0826. The molecule has 6 heteroatoms. The van der Waals surface area contributed by atoms with E-state index in [1.165, 1.54) is 0 Å². The van der Waals surface area contributed by atoms with Crippen molar-refractivity contribution in [3.8, 4) is 0 Å². The van der Waals surface area contributed by atoms with Gasteiger partial charge in [0.1, 0.15) is 6.61 Å². The minimum absolute atomic E-state index is 0.0518. The molecule has 1 amide bonds. The Morgan fingerprint density at radius 3 is 2.42 bits per heavy atom. The molecule has 1 N–H and O–H groups in total. The molecule has 5 nitrogen and oxygen atoms in total. The van der Waals surface area contributed by atoms with Gasteiger partial charge in [-0.1, -0.05) is 11.6 Å². The zero-order chi connectivity index (χ0) is 13.7. The van der Waals surface area contributed by atoms with E-state index in [1.807, 2.05) is 24.3 Å². The molecule has 1 aromatic rings. The maximum Gasteiger partial charge on any atom is 0.409 e. The van der Waals surface area contributed by atoms with E-state index in [0.717, 1.165) is 23.8 Å². The van der Waals surface area contributed by atoms with E-state index < -0.39 is 0 Å². The highest BCUT2D eigenvalue weighted by Gasteiger charge is 2.22. The lowest BCUT2D eigenvalue weighted by atomic mass is 10.2. The number of hydrogen-bond acceptors (Lipinski definition) is 4. The Morgan fingerprint density at radius 2 is 1.84 bits per heavy atom. The lowest BCUT2D eigenvalue weighted by Gasteiger charge is -2.35. The number of carbonyl (C=O) groups is 1. The molecule has 0 saturated carbocycles. The monoisotopic (exact) mass is 284 g/mol. The van der Waals surface area contributed by atoms with Crippen LogP contribution in [-0.2, 0) is 4.74 Å². The first-order chi connectivity index (χ1) is 9.20. The molecule has 0 radical (unpaired) electrons. The number of piperazine rings is 1. The van der Waals surface area contributed by atoms with Crippen LogP contribution in [0.25, 0.3) is 0 Å². The van der Waals surface area contributed by atoms with E-state index >= 15 is 0 Å². The predicted octanol–water partition coefficient (Wildman–Crippen LogP) is 1.59. The predicted molar refractivity (Wildman–Crippen MR) is 73.7 cm³/mol. The molecule has 1 aliphatic rings. The molecule has 19 heavy (non-hydrogen) atoms. The Kier molecular flexibility index (Phi) is 4.87. The van der Waals surface area contributed by atoms with E-state index in [-0.39, 0.29) is 19.3 Å². The number of benzene rings is 1. The molecule has 1 heterocycles. The summed E-state index contributed by atoms with van der Waals surface area (Å²) in [6, 6.07) is 7.67. The third-order valence-corrected chi connectivity index (χ3v) is 3.30. The summed E-state index contributed by atoms with van der Waals surface area (Å²) < 4.78 is 4.89. The maximum atomic E-state index is 11.6. The fourth-order valence-electron chi connectivity index (χ4n) is 2.02. The number of ether oxygens (including phenoxy) is 1. The molecule has 1 saturated heterocycles. The molecular weight excluding hydrogens is 268 g/mol. The molecule has 0 unspecified atom stereocenters. The highest BCUT2D eigenvalue weighted by atomic mass is 35.5. The smallest absolute Gasteiger partial charge is 0.409 e. The van der Waals surface area contributed by atoms with Crippen molar-refractivity contribution in [1.82, 2.24) is 4.90 Å². The van der Waals surface area contributed by atoms with Crippen LogP contribution in [0.3, 0.4) is 0 Å². The van der Waals surface area contributed by atoms with E-state index in [9.17, 15) is 4.79 Å². The molecule has 0 aromatic heterocycles. The summed E-state index contributed by atoms with van der Waals surface area (Å²) in [6.07, 6.45) is -0.357. The second-order valence-corrected chi connectivity index (χ2v) is 4.72. The van der Waals surface area contributed by atoms with Gasteiger partial charge in [0.2, 0.25) is 0 Å². The molecule has 1 aromatic carbocycles. The summed E-state index contributed by atoms with van der Waals surface area (Å²) >= 11 is 5.86. The zero-order valence-corrected chi connectivity index (χ0v) is 11.3. The van der Waals surface area contributed by atoms with Crippen LogP contribution in [0, 0.1) is 0 Å². The van der Waals surface area contributed by atoms with Gasteiger partial charge in [-0.15, -0.1) is 0 Å². The fraction of sp³-hybridized carbons (Fsp3) is 0.462. The van der Waals surface area contributed by atoms with E-state index in [1.54, 1.807) is 4.90 Å². The van der Waals surface area contributed by atoms with Crippen molar-refractivity contribution in [1.29, 1.82) is 0 Å². The zero-order valence-electron chi connectivity index (χ0n) is 10.6. The van der Waals surface area contributed by atoms with Gasteiger partial charge in [-0.05, 0) is 24.3 Å². The van der Waals surface area contributed by atoms with Crippen molar-refractivity contribution < 1.29 is 14.6 Å². The summed E-state index contributed by atoms with van der Waals surface area (Å²) in [5, 5.41) is 9.33. The minimum Gasteiger partial charge on any atom is -0.447 e. The van der Waals surface area contributed by atoms with Crippen LogP contribution in [0.4, 0.5) is 10.5 Å². The SMILES string of the molecule is O=C(OCCO)N1CCN(c2ccc(Cl)cc2)CC1. The standard InChI is InChI=1S/C13H17ClN2O3/c14-11-1-3-12(4-2-11)15-5-7-16(8-6-15)13(18)19-10-9-17/h1-4,17H,5-10H2. The maximum absolute atomic E-state index is 11.6. The van der Waals surface area contributed by atoms with Gasteiger partial charge in [0.05, 0.1) is 6.61 Å². The molecule has 0 spiro atoms. The second kappa shape index (κ2) is 6.63. The molecule has 0 aliphatic carbocycles. The number of aliphatic hydroxyl groups is 1. The third kappa shape index (κ3) is 3.75. The van der Waals surface area contributed by atoms with E-state index in [0.29, 0.717) is 13.1 Å². The number of amides is 1. The highest BCUT2D eigenvalue weighted by molar-refractivity contribution is 6.30. The van der Waals surface area contributed by atoms with Crippen LogP contribution in [0.1, 0.15) is 0 Å². The average Bonchev–Trinajstić information content (AvgIpc) is 2.46. The number of anilines is 1. The number of carbonyl (C=O) groups excluding carboxylic acids is 1. The fourth-order valence-corrected chi connectivity index (χ4v) is 2.15. The van der Waals surface area contributed by atoms with Crippen LogP contribution in [0.15, 0.2) is 24.3 Å². The number of rotatable bonds is 3. The average molecular weight is 285 g/mol. The van der Waals surface area contributed by atoms with Gasteiger partial charge >= 0.3 is 6.09 Å². The quantitative estimate of drug-likeness (QED) is 0.916. The summed E-state index contributed by atoms with van der Waals surface area (Å²) in [5.41, 5.74) is 1.10. The Labute approximate surface area is 117 Å². The van der Waals surface area contributed by atoms with Crippen molar-refractivity contribution >= 4 is 23.4 Å². The molecule has 2 rings (SSSR count). The van der Waals surface area contributed by atoms with Gasteiger partial charge < -0.3 is 19.6 Å². The molecular formula is C13H17ClN2O3. The first-order valence-corrected chi connectivity index (χ1v) is 6.61. The van der Waals surface area contributed by atoms with Gasteiger partial charge in [-0.2, -0.15) is 0 Å². The number of aliphatic hydroxyl groups excluding tert-OH is 1. The van der Waals surface area contributed by atoms with Gasteiger partial charge in [-0.25, -0.2) is 4.79 Å². The molecule has 0 bridgehead atoms. The highest BCUT2D eigenvalue weighted by Crippen LogP contribution is 2.19. The van der Waals surface area contributed by atoms with Gasteiger partial charge in [0, 0.05) is 36.9 Å². The normalized spacial score (nSPS) is 15.5. The molecule has 104 valence electrons. The van der Waals surface area contributed by atoms with Crippen LogP contribution in [0.2, 0.25) is 5.02 Å². The van der Waals surface area contributed by atoms with Crippen LogP contribution >= 0.6 is 11.6 Å². The number of halogens is 1. The van der Waals surface area contributed by atoms with E-state index in [2.05, 4.69) is 4.90 Å². The molecule has 0 atom stereocenters. The van der Waals surface area contributed by atoms with Crippen LogP contribution in [0.5, 0.6) is 0 Å². The van der Waals surface area contributed by atoms with Gasteiger partial charge in [0.25, 0.3) is 0 Å². The Balaban J connectivity index is 1.85. The largest absolute Gasteiger partial charge is 0.447 e. The van der Waals surface area contributed by atoms with Crippen molar-refractivity contribution in [3.05, 3.63) is 29.3 Å². The summed E-state index contributed by atoms with van der Waals surface area (Å²) in [6.45, 7) is 2.66. The topological polar surface area (TPSA) is 53.0 Å². The summed E-state index contributed by atoms with van der Waals surface area (Å²) in [4.78, 5) is 15.5. The van der Waals surface area contributed by atoms with Crippen molar-refractivity contribution in [3.63, 3.8) is 0 Å². The summed E-state index contributed by atoms with van der Waals surface area (Å²) in [5.74, 6) is 0. The van der Waals surface area contributed by atoms with Crippen molar-refractivity contribution in [2.45, 2.75) is 0 Å². The Morgan fingerprint density at radius 1 is 1.21 bits per heavy atom. The summed E-state index contributed by atoms with van der Waals surface area (Å²) in [7, 11) is 0. The molecule has 1 fully saturated rings. The van der Waals surface area contributed by atoms with Crippen LogP contribution < -0.4 is 4.90 Å². The first-order valence-electron chi connectivity index (χ1n) is 6.24. The van der Waals surface area contributed by atoms with Gasteiger partial charge in [-0.3, -0.25) is 0 Å². The third-order valence-electron chi connectivity index (χ3n) is 3.05. The Hall–Kier alpha value is -1.46. The van der Waals surface area contributed by atoms with Crippen molar-refractivity contribution in [2.75, 3.05) is 44.3 Å². The first kappa shape index (κ1) is 14.0. The number of hydrogen-bond donors (Lipinski definition) is 1. The van der Waals surface area contributed by atoms with E-state index in [4.69, 9.17) is 21.4 Å². The Bertz CT molecular complexity index is 416. The van der Waals surface area contributed by atoms with Gasteiger partial charge in [0.15, 0.2) is 0 Å².